The molecule has 1 amide bonds. The van der Waals surface area contributed by atoms with Crippen molar-refractivity contribution in [2.45, 2.75) is 32.2 Å². The largest absolute Gasteiger partial charge is 0.496 e. The third kappa shape index (κ3) is 3.08. The van der Waals surface area contributed by atoms with Gasteiger partial charge in [0.2, 0.25) is 5.91 Å². The number of hydrogen-bond acceptors (Lipinski definition) is 4. The van der Waals surface area contributed by atoms with Crippen molar-refractivity contribution in [2.75, 3.05) is 12.0 Å². The summed E-state index contributed by atoms with van der Waals surface area (Å²) in [5.74, 6) is 0.855. The molecule has 21 heavy (non-hydrogen) atoms. The van der Waals surface area contributed by atoms with E-state index in [0.29, 0.717) is 12.5 Å². The van der Waals surface area contributed by atoms with Crippen molar-refractivity contribution in [3.63, 3.8) is 0 Å². The zero-order valence-electron chi connectivity index (χ0n) is 12.2. The second-order valence-electron chi connectivity index (χ2n) is 5.25. The van der Waals surface area contributed by atoms with E-state index < -0.39 is 0 Å². The van der Waals surface area contributed by atoms with Gasteiger partial charge in [0, 0.05) is 17.0 Å². The van der Waals surface area contributed by atoms with Gasteiger partial charge in [-0.25, -0.2) is 4.98 Å². The van der Waals surface area contributed by atoms with Crippen LogP contribution in [0.2, 0.25) is 0 Å². The highest BCUT2D eigenvalue weighted by Gasteiger charge is 2.35. The van der Waals surface area contributed by atoms with Crippen LogP contribution in [0, 0.1) is 6.92 Å². The third-order valence-electron chi connectivity index (χ3n) is 3.53. The first kappa shape index (κ1) is 14.1. The highest BCUT2D eigenvalue weighted by molar-refractivity contribution is 7.14. The van der Waals surface area contributed by atoms with E-state index in [1.54, 1.807) is 7.11 Å². The summed E-state index contributed by atoms with van der Waals surface area (Å²) in [4.78, 5) is 19.0. The van der Waals surface area contributed by atoms with Crippen molar-refractivity contribution in [3.8, 4) is 5.75 Å². The maximum Gasteiger partial charge on any atom is 0.233 e. The van der Waals surface area contributed by atoms with Gasteiger partial charge in [0.15, 0.2) is 5.13 Å². The van der Waals surface area contributed by atoms with E-state index in [9.17, 15) is 4.79 Å². The molecule has 1 aromatic heterocycles. The molecule has 1 aliphatic rings. The van der Waals surface area contributed by atoms with Gasteiger partial charge in [-0.1, -0.05) is 18.2 Å². The summed E-state index contributed by atoms with van der Waals surface area (Å²) < 4.78 is 5.33. The van der Waals surface area contributed by atoms with Crippen LogP contribution in [-0.2, 0) is 11.2 Å². The molecule has 0 atom stereocenters. The first-order valence-corrected chi connectivity index (χ1v) is 7.93. The van der Waals surface area contributed by atoms with Gasteiger partial charge < -0.3 is 4.74 Å². The van der Waals surface area contributed by atoms with E-state index in [-0.39, 0.29) is 5.91 Å². The van der Waals surface area contributed by atoms with Gasteiger partial charge in [-0.15, -0.1) is 11.3 Å². The van der Waals surface area contributed by atoms with Crippen molar-refractivity contribution >= 4 is 22.4 Å². The zero-order valence-corrected chi connectivity index (χ0v) is 13.0. The quantitative estimate of drug-likeness (QED) is 0.852. The summed E-state index contributed by atoms with van der Waals surface area (Å²) in [6, 6.07) is 7.99. The van der Waals surface area contributed by atoms with Crippen LogP contribution in [0.15, 0.2) is 29.6 Å². The number of methoxy groups -OCH3 is 1. The van der Waals surface area contributed by atoms with Crippen molar-refractivity contribution in [3.05, 3.63) is 40.9 Å². The van der Waals surface area contributed by atoms with E-state index in [0.717, 1.165) is 35.0 Å². The predicted molar refractivity (Wildman–Crippen MR) is 84.1 cm³/mol. The predicted octanol–water partition coefficient (Wildman–Crippen LogP) is 3.20. The molecule has 0 N–H and O–H groups in total. The van der Waals surface area contributed by atoms with Gasteiger partial charge in [0.25, 0.3) is 0 Å². The summed E-state index contributed by atoms with van der Waals surface area (Å²) in [5, 5.41) is 2.80. The topological polar surface area (TPSA) is 42.4 Å². The lowest BCUT2D eigenvalue weighted by molar-refractivity contribution is -0.118. The Kier molecular flexibility index (Phi) is 3.92. The first-order chi connectivity index (χ1) is 10.2. The molecule has 0 radical (unpaired) electrons. The summed E-state index contributed by atoms with van der Waals surface area (Å²) in [6.07, 6.45) is 2.48. The SMILES string of the molecule is COc1ccccc1CC(=O)N(c1nc(C)cs1)C1CC1. The monoisotopic (exact) mass is 302 g/mol. The summed E-state index contributed by atoms with van der Waals surface area (Å²) in [6.45, 7) is 1.95. The molecule has 1 heterocycles. The van der Waals surface area contributed by atoms with Crippen LogP contribution in [-0.4, -0.2) is 24.0 Å². The number of carbonyl (C=O) groups is 1. The number of hydrogen-bond donors (Lipinski definition) is 0. The van der Waals surface area contributed by atoms with Gasteiger partial charge in [0.05, 0.1) is 19.2 Å². The molecule has 0 spiro atoms. The standard InChI is InChI=1S/C16H18N2O2S/c1-11-10-21-16(17-11)18(13-7-8-13)15(19)9-12-5-3-4-6-14(12)20-2/h3-6,10,13H,7-9H2,1-2H3. The van der Waals surface area contributed by atoms with E-state index in [2.05, 4.69) is 4.98 Å². The van der Waals surface area contributed by atoms with Gasteiger partial charge in [-0.05, 0) is 25.8 Å². The van der Waals surface area contributed by atoms with E-state index >= 15 is 0 Å². The van der Waals surface area contributed by atoms with Gasteiger partial charge in [-0.3, -0.25) is 9.69 Å². The third-order valence-corrected chi connectivity index (χ3v) is 4.49. The Morgan fingerprint density at radius 1 is 1.43 bits per heavy atom. The minimum Gasteiger partial charge on any atom is -0.496 e. The van der Waals surface area contributed by atoms with Crippen LogP contribution >= 0.6 is 11.3 Å². The summed E-state index contributed by atoms with van der Waals surface area (Å²) in [7, 11) is 1.63. The number of para-hydroxylation sites is 1. The number of nitrogens with zero attached hydrogens (tertiary/aromatic N) is 2. The fourth-order valence-electron chi connectivity index (χ4n) is 2.35. The average molecular weight is 302 g/mol. The second kappa shape index (κ2) is 5.85. The Morgan fingerprint density at radius 2 is 2.19 bits per heavy atom. The van der Waals surface area contributed by atoms with Crippen LogP contribution in [0.25, 0.3) is 0 Å². The summed E-state index contributed by atoms with van der Waals surface area (Å²) >= 11 is 1.54. The number of aryl methyl sites for hydroxylation is 1. The van der Waals surface area contributed by atoms with Crippen LogP contribution in [0.1, 0.15) is 24.1 Å². The minimum absolute atomic E-state index is 0.0938. The van der Waals surface area contributed by atoms with Crippen molar-refractivity contribution in [2.24, 2.45) is 0 Å². The Hall–Kier alpha value is -1.88. The lowest BCUT2D eigenvalue weighted by Crippen LogP contribution is -2.34. The molecule has 3 rings (SSSR count). The average Bonchev–Trinajstić information content (AvgIpc) is 3.21. The normalized spacial score (nSPS) is 14.0. The second-order valence-corrected chi connectivity index (χ2v) is 6.09. The molecular formula is C16H18N2O2S. The number of rotatable bonds is 5. The van der Waals surface area contributed by atoms with Crippen molar-refractivity contribution < 1.29 is 9.53 Å². The van der Waals surface area contributed by atoms with E-state index in [4.69, 9.17) is 4.74 Å². The molecular weight excluding hydrogens is 284 g/mol. The van der Waals surface area contributed by atoms with Crippen LogP contribution in [0.5, 0.6) is 5.75 Å². The Bertz CT molecular complexity index is 649. The number of thiazole rings is 1. The highest BCUT2D eigenvalue weighted by atomic mass is 32.1. The molecule has 2 aromatic rings. The Morgan fingerprint density at radius 3 is 2.81 bits per heavy atom. The fourth-order valence-corrected chi connectivity index (χ4v) is 3.24. The number of amides is 1. The maximum absolute atomic E-state index is 12.7. The molecule has 1 fully saturated rings. The smallest absolute Gasteiger partial charge is 0.233 e. The molecule has 1 aliphatic carbocycles. The van der Waals surface area contributed by atoms with Crippen molar-refractivity contribution in [1.82, 2.24) is 4.98 Å². The highest BCUT2D eigenvalue weighted by Crippen LogP contribution is 2.34. The zero-order chi connectivity index (χ0) is 14.8. The Labute approximate surface area is 128 Å². The molecule has 0 aliphatic heterocycles. The number of carbonyl (C=O) groups excluding carboxylic acids is 1. The molecule has 5 heteroatoms. The lowest BCUT2D eigenvalue weighted by Gasteiger charge is -2.20. The number of anilines is 1. The van der Waals surface area contributed by atoms with Gasteiger partial charge in [0.1, 0.15) is 5.75 Å². The van der Waals surface area contributed by atoms with E-state index in [1.807, 2.05) is 41.5 Å². The van der Waals surface area contributed by atoms with Crippen molar-refractivity contribution in [1.29, 1.82) is 0 Å². The molecule has 1 saturated carbocycles. The lowest BCUT2D eigenvalue weighted by atomic mass is 10.1. The van der Waals surface area contributed by atoms with E-state index in [1.165, 1.54) is 11.3 Å². The first-order valence-electron chi connectivity index (χ1n) is 7.05. The number of benzene rings is 1. The minimum atomic E-state index is 0.0938. The molecule has 0 unspecified atom stereocenters. The van der Waals surface area contributed by atoms with Crippen LogP contribution in [0.3, 0.4) is 0 Å². The van der Waals surface area contributed by atoms with Crippen LogP contribution < -0.4 is 9.64 Å². The maximum atomic E-state index is 12.7. The molecule has 110 valence electrons. The molecule has 1 aromatic carbocycles. The number of ether oxygens (including phenoxy) is 1. The van der Waals surface area contributed by atoms with Gasteiger partial charge in [-0.2, -0.15) is 0 Å². The molecule has 0 saturated heterocycles. The molecule has 0 bridgehead atoms. The fraction of sp³-hybridized carbons (Fsp3) is 0.375. The van der Waals surface area contributed by atoms with Crippen LogP contribution in [0.4, 0.5) is 5.13 Å². The molecule has 4 nitrogen and oxygen atoms in total. The summed E-state index contributed by atoms with van der Waals surface area (Å²) in [5.41, 5.74) is 1.88. The van der Waals surface area contributed by atoms with Gasteiger partial charge >= 0.3 is 0 Å². The number of aromatic nitrogens is 1. The Balaban J connectivity index is 1.82.